The Labute approximate surface area is 83.4 Å². The van der Waals surface area contributed by atoms with E-state index in [1.54, 1.807) is 0 Å². The molecule has 1 unspecified atom stereocenters. The molecule has 4 N–H and O–H groups in total. The zero-order chi connectivity index (χ0) is 10.6. The minimum atomic E-state index is -0.337. The second kappa shape index (κ2) is 4.95. The van der Waals surface area contributed by atoms with Crippen molar-refractivity contribution in [1.82, 2.24) is 10.6 Å². The number of carbonyl (C=O) groups excluding carboxylic acids is 2. The van der Waals surface area contributed by atoms with Crippen LogP contribution in [0.2, 0.25) is 0 Å². The Morgan fingerprint density at radius 1 is 1.79 bits per heavy atom. The SMILES string of the molecule is CC(N)CCNC(=O)[C@H]1CCC(=O)N1. The molecule has 0 saturated carbocycles. The molecule has 0 spiro atoms. The highest BCUT2D eigenvalue weighted by molar-refractivity contribution is 5.90. The Hall–Kier alpha value is -1.10. The van der Waals surface area contributed by atoms with Crippen molar-refractivity contribution in [3.05, 3.63) is 0 Å². The smallest absolute Gasteiger partial charge is 0.242 e. The van der Waals surface area contributed by atoms with Crippen LogP contribution in [0.5, 0.6) is 0 Å². The molecule has 1 saturated heterocycles. The predicted molar refractivity (Wildman–Crippen MR) is 52.4 cm³/mol. The van der Waals surface area contributed by atoms with Gasteiger partial charge in [-0.25, -0.2) is 0 Å². The molecule has 1 aliphatic rings. The second-order valence-electron chi connectivity index (χ2n) is 3.72. The Balaban J connectivity index is 2.18. The lowest BCUT2D eigenvalue weighted by molar-refractivity contribution is -0.125. The van der Waals surface area contributed by atoms with Crippen LogP contribution in [-0.4, -0.2) is 30.4 Å². The summed E-state index contributed by atoms with van der Waals surface area (Å²) in [6.07, 6.45) is 1.81. The third kappa shape index (κ3) is 3.33. The van der Waals surface area contributed by atoms with Gasteiger partial charge in [-0.05, 0) is 19.8 Å². The molecule has 5 nitrogen and oxygen atoms in total. The van der Waals surface area contributed by atoms with E-state index in [1.165, 1.54) is 0 Å². The maximum Gasteiger partial charge on any atom is 0.242 e. The molecule has 5 heteroatoms. The lowest BCUT2D eigenvalue weighted by Crippen LogP contribution is -2.42. The van der Waals surface area contributed by atoms with E-state index in [0.717, 1.165) is 6.42 Å². The summed E-state index contributed by atoms with van der Waals surface area (Å²) in [7, 11) is 0. The average Bonchev–Trinajstić information content (AvgIpc) is 2.51. The third-order valence-corrected chi connectivity index (χ3v) is 2.21. The summed E-state index contributed by atoms with van der Waals surface area (Å²) >= 11 is 0. The maximum atomic E-state index is 11.4. The molecule has 1 fully saturated rings. The van der Waals surface area contributed by atoms with Crippen LogP contribution in [0.3, 0.4) is 0 Å². The van der Waals surface area contributed by atoms with Gasteiger partial charge in [-0.2, -0.15) is 0 Å². The number of hydrogen-bond acceptors (Lipinski definition) is 3. The molecular weight excluding hydrogens is 182 g/mol. The van der Waals surface area contributed by atoms with Gasteiger partial charge in [0.1, 0.15) is 6.04 Å². The molecular formula is C9H17N3O2. The van der Waals surface area contributed by atoms with E-state index in [0.29, 0.717) is 19.4 Å². The van der Waals surface area contributed by atoms with E-state index in [-0.39, 0.29) is 23.9 Å². The van der Waals surface area contributed by atoms with Crippen LogP contribution in [0.4, 0.5) is 0 Å². The van der Waals surface area contributed by atoms with Gasteiger partial charge in [0.15, 0.2) is 0 Å². The second-order valence-corrected chi connectivity index (χ2v) is 3.72. The molecule has 0 aromatic rings. The molecule has 14 heavy (non-hydrogen) atoms. The van der Waals surface area contributed by atoms with Crippen LogP contribution >= 0.6 is 0 Å². The van der Waals surface area contributed by atoms with Crippen molar-refractivity contribution < 1.29 is 9.59 Å². The summed E-state index contributed by atoms with van der Waals surface area (Å²) in [5.74, 6) is -0.145. The van der Waals surface area contributed by atoms with Crippen LogP contribution in [0.15, 0.2) is 0 Å². The van der Waals surface area contributed by atoms with Gasteiger partial charge in [-0.3, -0.25) is 9.59 Å². The van der Waals surface area contributed by atoms with Gasteiger partial charge in [-0.1, -0.05) is 0 Å². The first-order chi connectivity index (χ1) is 6.59. The number of nitrogens with two attached hydrogens (primary N) is 1. The van der Waals surface area contributed by atoms with E-state index < -0.39 is 0 Å². The highest BCUT2D eigenvalue weighted by Crippen LogP contribution is 2.05. The number of rotatable bonds is 4. The lowest BCUT2D eigenvalue weighted by atomic mass is 10.2. The van der Waals surface area contributed by atoms with E-state index in [1.807, 2.05) is 6.92 Å². The number of nitrogens with one attached hydrogen (secondary N) is 2. The summed E-state index contributed by atoms with van der Waals surface area (Å²) in [5.41, 5.74) is 5.53. The van der Waals surface area contributed by atoms with E-state index in [4.69, 9.17) is 5.73 Å². The molecule has 80 valence electrons. The summed E-state index contributed by atoms with van der Waals surface area (Å²) < 4.78 is 0. The fourth-order valence-electron chi connectivity index (χ4n) is 1.36. The van der Waals surface area contributed by atoms with Crippen LogP contribution in [0.25, 0.3) is 0 Å². The highest BCUT2D eigenvalue weighted by atomic mass is 16.2. The summed E-state index contributed by atoms with van der Waals surface area (Å²) in [5, 5.41) is 5.35. The molecule has 2 amide bonds. The Bertz CT molecular complexity index is 228. The number of amides is 2. The first-order valence-corrected chi connectivity index (χ1v) is 4.92. The van der Waals surface area contributed by atoms with Crippen LogP contribution in [0, 0.1) is 0 Å². The quantitative estimate of drug-likeness (QED) is 0.549. The van der Waals surface area contributed by atoms with Crippen LogP contribution in [0.1, 0.15) is 26.2 Å². The fraction of sp³-hybridized carbons (Fsp3) is 0.778. The maximum absolute atomic E-state index is 11.4. The van der Waals surface area contributed by atoms with Gasteiger partial charge in [0.2, 0.25) is 11.8 Å². The summed E-state index contributed by atoms with van der Waals surface area (Å²) in [6.45, 7) is 2.46. The van der Waals surface area contributed by atoms with Gasteiger partial charge in [0.05, 0.1) is 0 Å². The van der Waals surface area contributed by atoms with E-state index >= 15 is 0 Å². The fourth-order valence-corrected chi connectivity index (χ4v) is 1.36. The topological polar surface area (TPSA) is 84.2 Å². The summed E-state index contributed by atoms with van der Waals surface area (Å²) in [4.78, 5) is 22.2. The zero-order valence-corrected chi connectivity index (χ0v) is 8.38. The molecule has 0 bridgehead atoms. The van der Waals surface area contributed by atoms with Gasteiger partial charge in [-0.15, -0.1) is 0 Å². The monoisotopic (exact) mass is 199 g/mol. The Morgan fingerprint density at radius 3 is 3.00 bits per heavy atom. The van der Waals surface area contributed by atoms with Gasteiger partial charge >= 0.3 is 0 Å². The van der Waals surface area contributed by atoms with E-state index in [2.05, 4.69) is 10.6 Å². The summed E-state index contributed by atoms with van der Waals surface area (Å²) in [6, 6.07) is -0.246. The van der Waals surface area contributed by atoms with Gasteiger partial charge in [0, 0.05) is 19.0 Å². The highest BCUT2D eigenvalue weighted by Gasteiger charge is 2.26. The van der Waals surface area contributed by atoms with Crippen molar-refractivity contribution in [2.45, 2.75) is 38.3 Å². The first-order valence-electron chi connectivity index (χ1n) is 4.92. The molecule has 0 aromatic heterocycles. The van der Waals surface area contributed by atoms with Crippen molar-refractivity contribution >= 4 is 11.8 Å². The van der Waals surface area contributed by atoms with Crippen molar-refractivity contribution in [3.63, 3.8) is 0 Å². The standard InChI is InChI=1S/C9H17N3O2/c1-6(10)4-5-11-9(14)7-2-3-8(13)12-7/h6-7H,2-5,10H2,1H3,(H,11,14)(H,12,13)/t6?,7-/m1/s1. The molecule has 0 radical (unpaired) electrons. The molecule has 1 rings (SSSR count). The molecule has 2 atom stereocenters. The molecule has 0 aromatic carbocycles. The van der Waals surface area contributed by atoms with Crippen LogP contribution < -0.4 is 16.4 Å². The molecule has 1 aliphatic heterocycles. The Kier molecular flexibility index (Phi) is 3.88. The molecule has 0 aliphatic carbocycles. The minimum Gasteiger partial charge on any atom is -0.354 e. The minimum absolute atomic E-state index is 0.0441. The largest absolute Gasteiger partial charge is 0.354 e. The van der Waals surface area contributed by atoms with Crippen molar-refractivity contribution in [2.75, 3.05) is 6.54 Å². The van der Waals surface area contributed by atoms with Gasteiger partial charge < -0.3 is 16.4 Å². The number of carbonyl (C=O) groups is 2. The van der Waals surface area contributed by atoms with Crippen LogP contribution in [-0.2, 0) is 9.59 Å². The first kappa shape index (κ1) is 11.0. The zero-order valence-electron chi connectivity index (χ0n) is 8.38. The number of hydrogen-bond donors (Lipinski definition) is 3. The van der Waals surface area contributed by atoms with Crippen molar-refractivity contribution in [1.29, 1.82) is 0 Å². The average molecular weight is 199 g/mol. The van der Waals surface area contributed by atoms with Crippen molar-refractivity contribution in [3.8, 4) is 0 Å². The lowest BCUT2D eigenvalue weighted by Gasteiger charge is -2.11. The predicted octanol–water partition coefficient (Wildman–Crippen LogP) is -0.881. The van der Waals surface area contributed by atoms with Gasteiger partial charge in [0.25, 0.3) is 0 Å². The Morgan fingerprint density at radius 2 is 2.50 bits per heavy atom. The normalized spacial score (nSPS) is 23.0. The third-order valence-electron chi connectivity index (χ3n) is 2.21. The van der Waals surface area contributed by atoms with E-state index in [9.17, 15) is 9.59 Å². The molecule has 1 heterocycles. The van der Waals surface area contributed by atoms with Crippen molar-refractivity contribution in [2.24, 2.45) is 5.73 Å².